The van der Waals surface area contributed by atoms with Gasteiger partial charge in [0.15, 0.2) is 5.82 Å². The number of hydrogen-bond acceptors (Lipinski definition) is 7. The Morgan fingerprint density at radius 3 is 2.35 bits per heavy atom. The van der Waals surface area contributed by atoms with Crippen LogP contribution in [0.1, 0.15) is 64.1 Å². The van der Waals surface area contributed by atoms with Crippen LogP contribution in [0.15, 0.2) is 79.3 Å². The molecule has 2 saturated heterocycles. The van der Waals surface area contributed by atoms with Crippen LogP contribution < -0.4 is 5.32 Å². The number of benzene rings is 2. The maximum Gasteiger partial charge on any atom is 0.236 e. The number of fused-ring (bicyclic) bond motifs is 1. The molecule has 256 valence electrons. The Hall–Kier alpha value is -4.96. The van der Waals surface area contributed by atoms with Gasteiger partial charge < -0.3 is 10.2 Å². The summed E-state index contributed by atoms with van der Waals surface area (Å²) in [5.74, 6) is 2.33. The van der Waals surface area contributed by atoms with Crippen LogP contribution in [-0.4, -0.2) is 80.0 Å². The lowest BCUT2D eigenvalue weighted by molar-refractivity contribution is -0.133. The van der Waals surface area contributed by atoms with Crippen molar-refractivity contribution in [3.63, 3.8) is 0 Å². The largest absolute Gasteiger partial charge is 0.342 e. The Labute approximate surface area is 289 Å². The first-order chi connectivity index (χ1) is 24.0. The third kappa shape index (κ3) is 9.14. The summed E-state index contributed by atoms with van der Waals surface area (Å²) in [6, 6.07) is 20.1. The lowest BCUT2D eigenvalue weighted by Gasteiger charge is -2.33. The van der Waals surface area contributed by atoms with Gasteiger partial charge in [0.05, 0.1) is 12.1 Å². The van der Waals surface area contributed by atoms with Gasteiger partial charge >= 0.3 is 0 Å². The first-order valence-electron chi connectivity index (χ1n) is 17.5. The van der Waals surface area contributed by atoms with E-state index in [9.17, 15) is 9.59 Å². The number of carbonyl (C=O) groups excluding carboxylic acids is 2. The van der Waals surface area contributed by atoms with Crippen LogP contribution in [0.2, 0.25) is 0 Å². The minimum absolute atomic E-state index is 0.305. The van der Waals surface area contributed by atoms with E-state index in [0.717, 1.165) is 96.3 Å². The van der Waals surface area contributed by atoms with Crippen LogP contribution in [0, 0.1) is 5.92 Å². The predicted molar refractivity (Wildman–Crippen MR) is 196 cm³/mol. The van der Waals surface area contributed by atoms with Crippen molar-refractivity contribution in [3.8, 4) is 22.6 Å². The number of piperidine rings is 1. The summed E-state index contributed by atoms with van der Waals surface area (Å²) in [4.78, 5) is 40.4. The molecule has 2 aromatic carbocycles. The molecule has 0 radical (unpaired) electrons. The van der Waals surface area contributed by atoms with E-state index in [1.54, 1.807) is 18.6 Å². The number of pyridine rings is 1. The maximum atomic E-state index is 12.6. The fourth-order valence-corrected chi connectivity index (χ4v) is 6.49. The Morgan fingerprint density at radius 1 is 0.918 bits per heavy atom. The fraction of sp³-hybridized carbons (Fsp3) is 0.385. The third-order valence-corrected chi connectivity index (χ3v) is 9.16. The Morgan fingerprint density at radius 2 is 1.67 bits per heavy atom. The molecule has 5 aromatic rings. The quantitative estimate of drug-likeness (QED) is 0.173. The van der Waals surface area contributed by atoms with Gasteiger partial charge in [0.25, 0.3) is 0 Å². The second kappa shape index (κ2) is 17.4. The van der Waals surface area contributed by atoms with E-state index in [4.69, 9.17) is 0 Å². The van der Waals surface area contributed by atoms with Gasteiger partial charge in [0.2, 0.25) is 12.3 Å². The van der Waals surface area contributed by atoms with E-state index in [-0.39, 0.29) is 0 Å². The van der Waals surface area contributed by atoms with Crippen molar-refractivity contribution < 1.29 is 9.59 Å². The smallest absolute Gasteiger partial charge is 0.236 e. The first kappa shape index (κ1) is 35.3. The molecule has 49 heavy (non-hydrogen) atoms. The number of hydrogen-bond donors (Lipinski definition) is 2. The molecule has 2 aliphatic heterocycles. The summed E-state index contributed by atoms with van der Waals surface area (Å²) in [6.45, 7) is 12.8. The highest BCUT2D eigenvalue weighted by atomic mass is 16.2. The minimum atomic E-state index is 0.305. The van der Waals surface area contributed by atoms with Gasteiger partial charge in [-0.25, -0.2) is 9.97 Å². The molecule has 5 heterocycles. The highest BCUT2D eigenvalue weighted by Crippen LogP contribution is 2.30. The van der Waals surface area contributed by atoms with Crippen LogP contribution in [0.5, 0.6) is 0 Å². The number of nitrogens with one attached hydrogen (secondary N) is 2. The third-order valence-electron chi connectivity index (χ3n) is 9.16. The summed E-state index contributed by atoms with van der Waals surface area (Å²) in [5, 5.41) is 11.0. The highest BCUT2D eigenvalue weighted by molar-refractivity contribution is 5.95. The van der Waals surface area contributed by atoms with Crippen molar-refractivity contribution in [1.29, 1.82) is 0 Å². The first-order valence-corrected chi connectivity index (χ1v) is 17.5. The average molecular weight is 661 g/mol. The zero-order valence-electron chi connectivity index (χ0n) is 29.1. The van der Waals surface area contributed by atoms with Crippen molar-refractivity contribution in [2.75, 3.05) is 38.0 Å². The monoisotopic (exact) mass is 660 g/mol. The predicted octanol–water partition coefficient (Wildman–Crippen LogP) is 6.97. The van der Waals surface area contributed by atoms with Crippen LogP contribution >= 0.6 is 0 Å². The van der Waals surface area contributed by atoms with E-state index in [2.05, 4.69) is 78.4 Å². The Bertz CT molecular complexity index is 1780. The van der Waals surface area contributed by atoms with Gasteiger partial charge in [-0.15, -0.1) is 0 Å². The molecule has 2 amide bonds. The molecule has 0 aliphatic carbocycles. The molecular formula is C39H48N8O2. The summed E-state index contributed by atoms with van der Waals surface area (Å²) in [5.41, 5.74) is 7.01. The topological polar surface area (TPSA) is 120 Å². The number of aromatic amines is 1. The lowest BCUT2D eigenvalue weighted by atomic mass is 9.89. The van der Waals surface area contributed by atoms with Gasteiger partial charge in [-0.1, -0.05) is 52.0 Å². The van der Waals surface area contributed by atoms with Crippen LogP contribution in [0.25, 0.3) is 33.5 Å². The number of likely N-dealkylation sites (tertiary alicyclic amines) is 2. The number of carbonyl (C=O) groups is 2. The summed E-state index contributed by atoms with van der Waals surface area (Å²) in [6.07, 6.45) is 10.2. The van der Waals surface area contributed by atoms with Crippen molar-refractivity contribution in [3.05, 3.63) is 90.5 Å². The molecule has 2 aliphatic rings. The van der Waals surface area contributed by atoms with E-state index < -0.39 is 0 Å². The molecule has 2 fully saturated rings. The maximum absolute atomic E-state index is 12.6. The van der Waals surface area contributed by atoms with Crippen molar-refractivity contribution in [2.45, 2.75) is 59.3 Å². The van der Waals surface area contributed by atoms with Crippen LogP contribution in [0.4, 0.5) is 5.69 Å². The molecule has 7 rings (SSSR count). The Kier molecular flexibility index (Phi) is 12.6. The average Bonchev–Trinajstić information content (AvgIpc) is 3.78. The van der Waals surface area contributed by atoms with E-state index >= 15 is 0 Å². The molecule has 10 nitrogen and oxygen atoms in total. The molecule has 0 bridgehead atoms. The molecule has 3 aromatic heterocycles. The van der Waals surface area contributed by atoms with Crippen molar-refractivity contribution in [1.82, 2.24) is 34.9 Å². The number of anilines is 1. The van der Waals surface area contributed by atoms with Crippen LogP contribution in [0.3, 0.4) is 0 Å². The summed E-state index contributed by atoms with van der Waals surface area (Å²) < 4.78 is 0. The molecule has 10 heteroatoms. The Balaban J connectivity index is 0.000000189. The zero-order chi connectivity index (χ0) is 34.6. The number of aryl methyl sites for hydroxylation is 1. The fourth-order valence-electron chi connectivity index (χ4n) is 6.49. The minimum Gasteiger partial charge on any atom is -0.342 e. The number of aromatic nitrogens is 5. The van der Waals surface area contributed by atoms with Gasteiger partial charge in [-0.3, -0.25) is 24.6 Å². The summed E-state index contributed by atoms with van der Waals surface area (Å²) in [7, 11) is 0. The molecule has 2 N–H and O–H groups in total. The zero-order valence-corrected chi connectivity index (χ0v) is 29.1. The summed E-state index contributed by atoms with van der Waals surface area (Å²) >= 11 is 0. The van der Waals surface area contributed by atoms with Gasteiger partial charge in [-0.05, 0) is 86.0 Å². The van der Waals surface area contributed by atoms with Crippen molar-refractivity contribution in [2.24, 2.45) is 5.92 Å². The SMILES string of the molecule is CC.CC1CCN(CC(=O)N2CCC(c3ccc(-c4ncccn4)cc3)CC2)C1.CCc1cc(-c2n[nH]c3ccc(NC=O)cc23)ccn1. The number of amides is 2. The molecule has 0 spiro atoms. The van der Waals surface area contributed by atoms with Gasteiger partial charge in [-0.2, -0.15) is 5.10 Å². The van der Waals surface area contributed by atoms with Gasteiger partial charge in [0, 0.05) is 66.1 Å². The van der Waals surface area contributed by atoms with E-state index in [1.165, 1.54) is 12.0 Å². The number of nitrogens with zero attached hydrogens (tertiary/aromatic N) is 6. The second-order valence-corrected chi connectivity index (χ2v) is 12.5. The van der Waals surface area contributed by atoms with Crippen molar-refractivity contribution >= 4 is 28.9 Å². The normalized spacial score (nSPS) is 16.3. The molecular weight excluding hydrogens is 612 g/mol. The standard InChI is InChI=1S/C22H28N4O.C15H14N4O.C2H6/c1-17-7-12-25(15-17)16-21(27)26-13-8-19(9-14-26)18-3-5-20(6-4-18)22-23-10-2-11-24-22;1-2-11-7-10(5-6-16-11)15-13-8-12(17-9-20)3-4-14(13)18-19-15;1-2/h2-6,10-11,17,19H,7-9,12-16H2,1H3;3-9H,2H2,1H3,(H,17,20)(H,18,19);1-2H3. The number of H-pyrrole nitrogens is 1. The molecule has 1 unspecified atom stereocenters. The van der Waals surface area contributed by atoms with Gasteiger partial charge in [0.1, 0.15) is 5.69 Å². The number of rotatable bonds is 8. The lowest BCUT2D eigenvalue weighted by Crippen LogP contribution is -2.43. The van der Waals surface area contributed by atoms with Crippen LogP contribution in [-0.2, 0) is 16.0 Å². The van der Waals surface area contributed by atoms with E-state index in [0.29, 0.717) is 24.8 Å². The van der Waals surface area contributed by atoms with E-state index in [1.807, 2.05) is 50.2 Å². The molecule has 0 saturated carbocycles. The highest BCUT2D eigenvalue weighted by Gasteiger charge is 2.27. The molecule has 1 atom stereocenters. The second-order valence-electron chi connectivity index (χ2n) is 12.5.